The molecule has 0 atom stereocenters. The fourth-order valence-corrected chi connectivity index (χ4v) is 2.82. The lowest BCUT2D eigenvalue weighted by Crippen LogP contribution is -2.22. The molecular weight excluding hydrogens is 346 g/mol. The number of thiazole rings is 1. The topological polar surface area (TPSA) is 59.1 Å². The third-order valence-electron chi connectivity index (χ3n) is 3.46. The van der Waals surface area contributed by atoms with Crippen LogP contribution in [-0.4, -0.2) is 16.7 Å². The molecule has 0 spiro atoms. The van der Waals surface area contributed by atoms with E-state index in [-0.39, 0.29) is 10.7 Å². The van der Waals surface area contributed by atoms with Crippen molar-refractivity contribution in [3.8, 4) is 11.3 Å². The van der Waals surface area contributed by atoms with Crippen LogP contribution in [0.1, 0.15) is 15.9 Å². The molecule has 0 aliphatic heterocycles. The van der Waals surface area contributed by atoms with Crippen molar-refractivity contribution in [2.75, 3.05) is 5.32 Å². The summed E-state index contributed by atoms with van der Waals surface area (Å²) in [6.45, 7) is 1.88. The number of Topliss-reactive ketones (excluding diaryl/α,β-unsaturated/α-hetero) is 1. The number of carbonyl (C=O) groups excluding carboxylic acids is 2. The minimum atomic E-state index is -0.981. The molecule has 1 heterocycles. The number of carbonyl (C=O) groups is 2. The number of halogens is 2. The van der Waals surface area contributed by atoms with E-state index in [1.165, 1.54) is 6.07 Å². The first kappa shape index (κ1) is 16.9. The molecule has 1 N–H and O–H groups in total. The van der Waals surface area contributed by atoms with E-state index in [1.807, 2.05) is 6.92 Å². The van der Waals surface area contributed by atoms with Crippen molar-refractivity contribution in [1.29, 1.82) is 0 Å². The minimum Gasteiger partial charge on any atom is -0.295 e. The monoisotopic (exact) mass is 358 g/mol. The Labute approximate surface area is 146 Å². The number of aryl methyl sites for hydroxylation is 1. The molecule has 0 unspecified atom stereocenters. The third kappa shape index (κ3) is 3.77. The van der Waals surface area contributed by atoms with Gasteiger partial charge in [0.15, 0.2) is 16.8 Å². The van der Waals surface area contributed by atoms with E-state index < -0.39 is 23.3 Å². The fourth-order valence-electron chi connectivity index (χ4n) is 2.11. The molecule has 4 nitrogen and oxygen atoms in total. The Morgan fingerprint density at radius 3 is 2.44 bits per heavy atom. The predicted molar refractivity (Wildman–Crippen MR) is 91.6 cm³/mol. The molecule has 3 aromatic rings. The number of aromatic nitrogens is 1. The Bertz CT molecular complexity index is 952. The third-order valence-corrected chi connectivity index (χ3v) is 4.22. The molecule has 0 saturated carbocycles. The summed E-state index contributed by atoms with van der Waals surface area (Å²) in [6.07, 6.45) is 0. The van der Waals surface area contributed by atoms with Crippen molar-refractivity contribution < 1.29 is 18.4 Å². The van der Waals surface area contributed by atoms with Gasteiger partial charge in [0.25, 0.3) is 11.7 Å². The first-order valence-corrected chi connectivity index (χ1v) is 8.15. The number of hydrogen-bond acceptors (Lipinski definition) is 4. The number of rotatable bonds is 4. The van der Waals surface area contributed by atoms with E-state index in [0.717, 1.165) is 29.0 Å². The number of nitrogens with one attached hydrogen (secondary N) is 1. The number of anilines is 1. The van der Waals surface area contributed by atoms with Gasteiger partial charge >= 0.3 is 0 Å². The molecule has 0 bridgehead atoms. The smallest absolute Gasteiger partial charge is 0.295 e. The molecule has 0 aliphatic rings. The summed E-state index contributed by atoms with van der Waals surface area (Å²) in [5, 5.41) is 4.20. The lowest BCUT2D eigenvalue weighted by atomic mass is 10.1. The van der Waals surface area contributed by atoms with Crippen molar-refractivity contribution in [2.45, 2.75) is 6.92 Å². The van der Waals surface area contributed by atoms with Crippen molar-refractivity contribution in [1.82, 2.24) is 4.98 Å². The second-order valence-electron chi connectivity index (χ2n) is 5.32. The van der Waals surface area contributed by atoms with Gasteiger partial charge in [0, 0.05) is 16.5 Å². The highest BCUT2D eigenvalue weighted by atomic mass is 32.1. The maximum Gasteiger partial charge on any atom is 0.298 e. The first-order valence-electron chi connectivity index (χ1n) is 7.27. The highest BCUT2D eigenvalue weighted by Crippen LogP contribution is 2.26. The lowest BCUT2D eigenvalue weighted by molar-refractivity contribution is -0.112. The molecular formula is C18H12F2N2O2S. The number of benzene rings is 2. The van der Waals surface area contributed by atoms with Crippen molar-refractivity contribution in [2.24, 2.45) is 0 Å². The zero-order chi connectivity index (χ0) is 18.0. The summed E-state index contributed by atoms with van der Waals surface area (Å²) < 4.78 is 26.3. The second-order valence-corrected chi connectivity index (χ2v) is 6.17. The summed E-state index contributed by atoms with van der Waals surface area (Å²) in [7, 11) is 0. The molecule has 25 heavy (non-hydrogen) atoms. The number of amides is 1. The van der Waals surface area contributed by atoms with Gasteiger partial charge in [0.1, 0.15) is 0 Å². The Balaban J connectivity index is 1.74. The largest absolute Gasteiger partial charge is 0.298 e. The normalized spacial score (nSPS) is 10.5. The molecule has 1 aromatic heterocycles. The summed E-state index contributed by atoms with van der Waals surface area (Å²) in [6, 6.07) is 10.0. The first-order chi connectivity index (χ1) is 11.9. The van der Waals surface area contributed by atoms with E-state index in [4.69, 9.17) is 0 Å². The van der Waals surface area contributed by atoms with Gasteiger partial charge in [0.05, 0.1) is 5.69 Å². The molecule has 126 valence electrons. The predicted octanol–water partition coefficient (Wildman–Crippen LogP) is 4.22. The zero-order valence-electron chi connectivity index (χ0n) is 13.0. The number of nitrogens with zero attached hydrogens (tertiary/aromatic N) is 1. The number of ketones is 1. The van der Waals surface area contributed by atoms with Crippen LogP contribution in [0.2, 0.25) is 0 Å². The maximum absolute atomic E-state index is 13.3. The van der Waals surface area contributed by atoms with Gasteiger partial charge in [-0.15, -0.1) is 11.3 Å². The number of hydrogen-bond donors (Lipinski definition) is 1. The molecule has 7 heteroatoms. The van der Waals surface area contributed by atoms with Crippen LogP contribution >= 0.6 is 11.3 Å². The molecule has 0 radical (unpaired) electrons. The lowest BCUT2D eigenvalue weighted by Gasteiger charge is -2.02. The Hall–Kier alpha value is -2.93. The molecule has 0 fully saturated rings. The average molecular weight is 358 g/mol. The maximum atomic E-state index is 13.3. The highest BCUT2D eigenvalue weighted by molar-refractivity contribution is 7.14. The quantitative estimate of drug-likeness (QED) is 0.561. The van der Waals surface area contributed by atoms with Crippen LogP contribution in [0.4, 0.5) is 13.9 Å². The molecule has 0 aliphatic carbocycles. The second kappa shape index (κ2) is 6.90. The molecule has 0 saturated heterocycles. The van der Waals surface area contributed by atoms with Gasteiger partial charge in [-0.25, -0.2) is 13.8 Å². The van der Waals surface area contributed by atoms with E-state index in [1.54, 1.807) is 29.6 Å². The van der Waals surface area contributed by atoms with Gasteiger partial charge in [-0.3, -0.25) is 14.9 Å². The fraction of sp³-hybridized carbons (Fsp3) is 0.0556. The van der Waals surface area contributed by atoms with E-state index >= 15 is 0 Å². The van der Waals surface area contributed by atoms with E-state index in [2.05, 4.69) is 10.3 Å². The van der Waals surface area contributed by atoms with Gasteiger partial charge in [-0.05, 0) is 25.1 Å². The van der Waals surface area contributed by atoms with Crippen molar-refractivity contribution >= 4 is 28.2 Å². The van der Waals surface area contributed by atoms with E-state index in [9.17, 15) is 18.4 Å². The van der Waals surface area contributed by atoms with Crippen LogP contribution in [-0.2, 0) is 4.79 Å². The van der Waals surface area contributed by atoms with Crippen LogP contribution in [0.15, 0.2) is 47.8 Å². The molecule has 3 rings (SSSR count). The summed E-state index contributed by atoms with van der Waals surface area (Å²) in [4.78, 5) is 28.3. The average Bonchev–Trinajstić information content (AvgIpc) is 3.06. The SMILES string of the molecule is Cc1ccc(C(=O)C(=O)Nc2nc(-c3ccc(F)c(F)c3)cs2)cc1. The highest BCUT2D eigenvalue weighted by Gasteiger charge is 2.18. The van der Waals surface area contributed by atoms with Crippen LogP contribution < -0.4 is 5.32 Å². The summed E-state index contributed by atoms with van der Waals surface area (Å²) in [5.41, 5.74) is 2.01. The van der Waals surface area contributed by atoms with Crippen molar-refractivity contribution in [3.63, 3.8) is 0 Å². The van der Waals surface area contributed by atoms with Crippen LogP contribution in [0, 0.1) is 18.6 Å². The zero-order valence-corrected chi connectivity index (χ0v) is 13.9. The summed E-state index contributed by atoms with van der Waals surface area (Å²) >= 11 is 1.09. The molecule has 2 aromatic carbocycles. The van der Waals surface area contributed by atoms with Crippen LogP contribution in [0.5, 0.6) is 0 Å². The summed E-state index contributed by atoms with van der Waals surface area (Å²) in [5.74, 6) is -3.42. The Morgan fingerprint density at radius 1 is 1.04 bits per heavy atom. The van der Waals surface area contributed by atoms with Crippen LogP contribution in [0.3, 0.4) is 0 Å². The van der Waals surface area contributed by atoms with Gasteiger partial charge in [-0.2, -0.15) is 0 Å². The van der Waals surface area contributed by atoms with Gasteiger partial charge in [-0.1, -0.05) is 29.8 Å². The molecule has 1 amide bonds. The van der Waals surface area contributed by atoms with E-state index in [0.29, 0.717) is 11.3 Å². The Kier molecular flexibility index (Phi) is 4.67. The van der Waals surface area contributed by atoms with Crippen LogP contribution in [0.25, 0.3) is 11.3 Å². The van der Waals surface area contributed by atoms with Gasteiger partial charge in [0.2, 0.25) is 0 Å². The standard InChI is InChI=1S/C18H12F2N2O2S/c1-10-2-4-11(5-3-10)16(23)17(24)22-18-21-15(9-25-18)12-6-7-13(19)14(20)8-12/h2-9H,1H3,(H,21,22,24). The van der Waals surface area contributed by atoms with Gasteiger partial charge < -0.3 is 0 Å². The minimum absolute atomic E-state index is 0.199. The Morgan fingerprint density at radius 2 is 1.76 bits per heavy atom. The van der Waals surface area contributed by atoms with Crippen molar-refractivity contribution in [3.05, 3.63) is 70.6 Å².